The Morgan fingerprint density at radius 3 is 1.98 bits per heavy atom. The molecule has 6 nitrogen and oxygen atoms in total. The molecular formula is C35H27NO5. The molecule has 2 aliphatic rings. The molecule has 1 heterocycles. The van der Waals surface area contributed by atoms with E-state index in [1.807, 2.05) is 115 Å². The van der Waals surface area contributed by atoms with Crippen LogP contribution in [0.5, 0.6) is 11.5 Å². The fourth-order valence-corrected chi connectivity index (χ4v) is 4.74. The predicted octanol–water partition coefficient (Wildman–Crippen LogP) is 7.77. The Bertz CT molecular complexity index is 1690. The van der Waals surface area contributed by atoms with Gasteiger partial charge in [-0.3, -0.25) is 0 Å². The van der Waals surface area contributed by atoms with Gasteiger partial charge in [0, 0.05) is 28.7 Å². The summed E-state index contributed by atoms with van der Waals surface area (Å²) in [5.74, 6) is 0.910. The number of aliphatic carboxylic acids is 1. The van der Waals surface area contributed by atoms with Crippen molar-refractivity contribution in [1.29, 1.82) is 0 Å². The summed E-state index contributed by atoms with van der Waals surface area (Å²) < 4.78 is 17.7. The smallest absolute Gasteiger partial charge is 0.345 e. The van der Waals surface area contributed by atoms with Gasteiger partial charge in [0.1, 0.15) is 23.8 Å². The van der Waals surface area contributed by atoms with Crippen LogP contribution in [0.15, 0.2) is 132 Å². The van der Waals surface area contributed by atoms with Crippen molar-refractivity contribution in [2.24, 2.45) is 0 Å². The maximum atomic E-state index is 11.8. The zero-order valence-corrected chi connectivity index (χ0v) is 22.1. The van der Waals surface area contributed by atoms with Crippen LogP contribution in [0.25, 0.3) is 33.7 Å². The van der Waals surface area contributed by atoms with Crippen LogP contribution < -0.4 is 9.47 Å². The molecule has 0 radical (unpaired) electrons. The monoisotopic (exact) mass is 541 g/mol. The van der Waals surface area contributed by atoms with Gasteiger partial charge in [-0.15, -0.1) is 0 Å². The van der Waals surface area contributed by atoms with Gasteiger partial charge in [0.05, 0.1) is 0 Å². The van der Waals surface area contributed by atoms with Gasteiger partial charge in [-0.05, 0) is 59.7 Å². The maximum Gasteiger partial charge on any atom is 0.345 e. The normalized spacial score (nSPS) is 11.7. The quantitative estimate of drug-likeness (QED) is 0.191. The minimum atomic E-state index is -1.01. The van der Waals surface area contributed by atoms with Crippen molar-refractivity contribution in [3.63, 3.8) is 0 Å². The number of benzene rings is 4. The third-order valence-corrected chi connectivity index (χ3v) is 6.85. The molecule has 4 aromatic rings. The molecule has 202 valence electrons. The first-order valence-corrected chi connectivity index (χ1v) is 13.3. The van der Waals surface area contributed by atoms with E-state index >= 15 is 0 Å². The van der Waals surface area contributed by atoms with E-state index in [0.717, 1.165) is 39.1 Å². The van der Waals surface area contributed by atoms with E-state index in [1.54, 1.807) is 12.1 Å². The number of carbonyl (C=O) groups is 1. The number of nitrogens with zero attached hydrogens (tertiary/aromatic N) is 1. The molecule has 0 saturated heterocycles. The third kappa shape index (κ3) is 5.97. The number of rotatable bonds is 10. The van der Waals surface area contributed by atoms with E-state index in [9.17, 15) is 9.90 Å². The second-order valence-corrected chi connectivity index (χ2v) is 9.67. The molecule has 0 fully saturated rings. The first-order valence-electron chi connectivity index (χ1n) is 13.3. The number of hydrogen-bond acceptors (Lipinski definition) is 5. The summed E-state index contributed by atoms with van der Waals surface area (Å²) in [6, 6.07) is 40.5. The number of ether oxygens (including phenoxy) is 2. The Kier molecular flexibility index (Phi) is 7.45. The van der Waals surface area contributed by atoms with Gasteiger partial charge in [0.2, 0.25) is 0 Å². The Balaban J connectivity index is 1.18. The molecule has 0 amide bonds. The van der Waals surface area contributed by atoms with E-state index in [-0.39, 0.29) is 6.42 Å². The molecule has 0 spiro atoms. The van der Waals surface area contributed by atoms with Crippen LogP contribution in [0.3, 0.4) is 0 Å². The van der Waals surface area contributed by atoms with Crippen LogP contribution in [0.1, 0.15) is 11.1 Å². The molecule has 1 atom stereocenters. The number of hydrogen-bond donors (Lipinski definition) is 1. The maximum absolute atomic E-state index is 11.8. The van der Waals surface area contributed by atoms with E-state index in [0.29, 0.717) is 23.8 Å². The number of carboxylic acids is 1. The molecule has 6 rings (SSSR count). The fourth-order valence-electron chi connectivity index (χ4n) is 4.74. The zero-order valence-electron chi connectivity index (χ0n) is 22.1. The average Bonchev–Trinajstić information content (AvgIpc) is 3.51. The average molecular weight is 542 g/mol. The minimum Gasteiger partial charge on any atom is -0.489 e. The van der Waals surface area contributed by atoms with Crippen LogP contribution in [-0.2, 0) is 17.8 Å². The summed E-state index contributed by atoms with van der Waals surface area (Å²) in [5, 5.41) is 14.1. The number of fused-ring (bicyclic) bond motifs is 1. The Morgan fingerprint density at radius 1 is 0.683 bits per heavy atom. The lowest BCUT2D eigenvalue weighted by Crippen LogP contribution is -2.29. The highest BCUT2D eigenvalue weighted by Crippen LogP contribution is 2.40. The molecular weight excluding hydrogens is 514 g/mol. The van der Waals surface area contributed by atoms with Crippen molar-refractivity contribution < 1.29 is 23.9 Å². The summed E-state index contributed by atoms with van der Waals surface area (Å²) in [4.78, 5) is 11.8. The minimum absolute atomic E-state index is 0.272. The van der Waals surface area contributed by atoms with Gasteiger partial charge in [-0.25, -0.2) is 4.79 Å². The van der Waals surface area contributed by atoms with Crippen LogP contribution in [0.4, 0.5) is 0 Å². The van der Waals surface area contributed by atoms with Gasteiger partial charge in [0.15, 0.2) is 11.9 Å². The molecule has 1 aliphatic heterocycles. The van der Waals surface area contributed by atoms with Gasteiger partial charge in [0.25, 0.3) is 0 Å². The topological polar surface area (TPSA) is 81.8 Å². The van der Waals surface area contributed by atoms with Crippen molar-refractivity contribution >= 4 is 5.97 Å². The Hall–Kier alpha value is -5.36. The molecule has 0 bridgehead atoms. The highest BCUT2D eigenvalue weighted by atomic mass is 16.5. The van der Waals surface area contributed by atoms with Crippen molar-refractivity contribution in [1.82, 2.24) is 5.16 Å². The fraction of sp³-hybridized carbons (Fsp3) is 0.0857. The molecule has 41 heavy (non-hydrogen) atoms. The lowest BCUT2D eigenvalue weighted by Gasteiger charge is -2.16. The molecule has 4 aromatic carbocycles. The SMILES string of the molecule is O=C(O)C(Cc1ccccc1)Oc1ccc(-c2noc(-c3ccc(OCc4ccccc4)cc3)c3cccc2-3)cc1. The first-order chi connectivity index (χ1) is 20.1. The molecule has 1 unspecified atom stereocenters. The summed E-state index contributed by atoms with van der Waals surface area (Å²) in [5.41, 5.74) is 6.34. The first kappa shape index (κ1) is 25.9. The molecule has 0 saturated carbocycles. The molecule has 0 aromatic heterocycles. The standard InChI is InChI=1S/C35H27NO5/c37-35(38)32(22-24-8-3-1-4-9-24)40-29-20-14-26(15-21-29)33-30-12-7-13-31(30)34(41-36-33)27-16-18-28(19-17-27)39-23-25-10-5-2-6-11-25/h1-21,32H,22-23H2,(H,37,38). The van der Waals surface area contributed by atoms with E-state index in [2.05, 4.69) is 5.16 Å². The van der Waals surface area contributed by atoms with Crippen LogP contribution in [0, 0.1) is 0 Å². The summed E-state index contributed by atoms with van der Waals surface area (Å²) >= 11 is 0. The lowest BCUT2D eigenvalue weighted by atomic mass is 9.99. The largest absolute Gasteiger partial charge is 0.489 e. The van der Waals surface area contributed by atoms with E-state index < -0.39 is 12.1 Å². The lowest BCUT2D eigenvalue weighted by molar-refractivity contribution is -0.145. The summed E-state index contributed by atoms with van der Waals surface area (Å²) in [6.45, 7) is 0.502. The van der Waals surface area contributed by atoms with Crippen molar-refractivity contribution in [2.75, 3.05) is 0 Å². The summed E-state index contributed by atoms with van der Waals surface area (Å²) in [6.07, 6.45) is -0.721. The van der Waals surface area contributed by atoms with Gasteiger partial charge >= 0.3 is 5.97 Å². The highest BCUT2D eigenvalue weighted by molar-refractivity contribution is 5.89. The van der Waals surface area contributed by atoms with Crippen molar-refractivity contribution in [2.45, 2.75) is 19.1 Å². The van der Waals surface area contributed by atoms with Crippen molar-refractivity contribution in [3.05, 3.63) is 139 Å². The molecule has 1 N–H and O–H groups in total. The molecule has 6 heteroatoms. The van der Waals surface area contributed by atoms with Crippen molar-refractivity contribution in [3.8, 4) is 45.2 Å². The van der Waals surface area contributed by atoms with Gasteiger partial charge in [-0.2, -0.15) is 0 Å². The number of carboxylic acid groups (broad SMARTS) is 1. The second-order valence-electron chi connectivity index (χ2n) is 9.67. The van der Waals surface area contributed by atoms with Crippen LogP contribution in [0.2, 0.25) is 0 Å². The molecule has 1 aliphatic carbocycles. The van der Waals surface area contributed by atoms with Gasteiger partial charge in [-0.1, -0.05) is 84.0 Å². The summed E-state index contributed by atoms with van der Waals surface area (Å²) in [7, 11) is 0. The Labute approximate surface area is 237 Å². The second kappa shape index (κ2) is 11.8. The zero-order chi connectivity index (χ0) is 28.0. The highest BCUT2D eigenvalue weighted by Gasteiger charge is 2.22. The van der Waals surface area contributed by atoms with Crippen LogP contribution in [-0.4, -0.2) is 22.3 Å². The van der Waals surface area contributed by atoms with E-state index in [1.165, 1.54) is 0 Å². The van der Waals surface area contributed by atoms with Crippen LogP contribution >= 0.6 is 0 Å². The van der Waals surface area contributed by atoms with E-state index in [4.69, 9.17) is 14.0 Å². The number of aromatic nitrogens is 1. The Morgan fingerprint density at radius 2 is 1.29 bits per heavy atom. The third-order valence-electron chi connectivity index (χ3n) is 6.85. The van der Waals surface area contributed by atoms with Gasteiger partial charge < -0.3 is 19.1 Å². The predicted molar refractivity (Wildman–Crippen MR) is 157 cm³/mol.